The molecule has 2 heterocycles. The molecule has 2 aromatic rings. The molecule has 2 fully saturated rings. The number of rotatable bonds is 7. The second-order valence-electron chi connectivity index (χ2n) is 8.76. The summed E-state index contributed by atoms with van der Waals surface area (Å²) in [7, 11) is 1.63. The number of carbonyl (C=O) groups excluding carboxylic acids is 1. The predicted molar refractivity (Wildman–Crippen MR) is 137 cm³/mol. The predicted octanol–water partition coefficient (Wildman–Crippen LogP) is 1.84. The standard InChI is InChI=1S/C26H33N5O5/c1-35-23-7-2-4-20(16-23)18-27-26(28-22-6-3-5-21(17-22)25(33)34)31-10-8-29(9-11-31)19-24(32)30-12-14-36-15-13-30/h2-7,16-17H,8-15,18-19H2,1H3,(H,27,28)(H,33,34). The summed E-state index contributed by atoms with van der Waals surface area (Å²) in [6, 6.07) is 14.4. The van der Waals surface area contributed by atoms with Gasteiger partial charge >= 0.3 is 5.97 Å². The fourth-order valence-electron chi connectivity index (χ4n) is 4.24. The monoisotopic (exact) mass is 495 g/mol. The molecule has 4 rings (SSSR count). The number of amides is 1. The largest absolute Gasteiger partial charge is 0.497 e. The van der Waals surface area contributed by atoms with Crippen molar-refractivity contribution in [2.75, 3.05) is 71.5 Å². The molecular formula is C26H33N5O5. The van der Waals surface area contributed by atoms with E-state index in [-0.39, 0.29) is 11.5 Å². The van der Waals surface area contributed by atoms with E-state index in [4.69, 9.17) is 14.5 Å². The Hall–Kier alpha value is -3.63. The maximum absolute atomic E-state index is 12.6. The van der Waals surface area contributed by atoms with E-state index in [0.29, 0.717) is 64.1 Å². The molecule has 2 saturated heterocycles. The van der Waals surface area contributed by atoms with Crippen molar-refractivity contribution < 1.29 is 24.2 Å². The highest BCUT2D eigenvalue weighted by atomic mass is 16.5. The van der Waals surface area contributed by atoms with E-state index in [1.54, 1.807) is 25.3 Å². The normalized spacial score (nSPS) is 17.1. The van der Waals surface area contributed by atoms with E-state index < -0.39 is 5.97 Å². The number of nitrogens with one attached hydrogen (secondary N) is 1. The minimum Gasteiger partial charge on any atom is -0.497 e. The minimum atomic E-state index is -0.980. The second-order valence-corrected chi connectivity index (χ2v) is 8.76. The molecule has 10 heteroatoms. The van der Waals surface area contributed by atoms with E-state index in [2.05, 4.69) is 15.1 Å². The molecule has 0 aromatic heterocycles. The lowest BCUT2D eigenvalue weighted by Gasteiger charge is -2.37. The van der Waals surface area contributed by atoms with Crippen LogP contribution in [0.25, 0.3) is 0 Å². The third-order valence-electron chi connectivity index (χ3n) is 6.31. The number of carboxylic acids is 1. The molecule has 2 aliphatic rings. The number of morpholine rings is 1. The molecule has 1 amide bonds. The van der Waals surface area contributed by atoms with Gasteiger partial charge in [-0.2, -0.15) is 0 Å². The smallest absolute Gasteiger partial charge is 0.335 e. The zero-order valence-corrected chi connectivity index (χ0v) is 20.6. The molecule has 2 N–H and O–H groups in total. The van der Waals surface area contributed by atoms with Crippen molar-refractivity contribution in [3.05, 3.63) is 59.7 Å². The molecule has 192 valence electrons. The number of hydrogen-bond donors (Lipinski definition) is 2. The van der Waals surface area contributed by atoms with Gasteiger partial charge < -0.3 is 29.7 Å². The zero-order valence-electron chi connectivity index (χ0n) is 20.6. The van der Waals surface area contributed by atoms with Gasteiger partial charge in [0, 0.05) is 45.0 Å². The maximum Gasteiger partial charge on any atom is 0.335 e. The molecule has 2 aliphatic heterocycles. The Balaban J connectivity index is 1.44. The summed E-state index contributed by atoms with van der Waals surface area (Å²) in [5.41, 5.74) is 1.87. The number of benzene rings is 2. The highest BCUT2D eigenvalue weighted by molar-refractivity contribution is 5.96. The fraction of sp³-hybridized carbons (Fsp3) is 0.423. The number of anilines is 1. The summed E-state index contributed by atoms with van der Waals surface area (Å²) in [6.45, 7) is 6.18. The average Bonchev–Trinajstić information content (AvgIpc) is 2.92. The van der Waals surface area contributed by atoms with Crippen LogP contribution >= 0.6 is 0 Å². The van der Waals surface area contributed by atoms with Gasteiger partial charge in [-0.3, -0.25) is 9.69 Å². The summed E-state index contributed by atoms with van der Waals surface area (Å²) in [4.78, 5) is 35.1. The zero-order chi connectivity index (χ0) is 25.3. The molecule has 0 aliphatic carbocycles. The van der Waals surface area contributed by atoms with Crippen molar-refractivity contribution in [3.8, 4) is 5.75 Å². The lowest BCUT2D eigenvalue weighted by atomic mass is 10.2. The SMILES string of the molecule is COc1cccc(CN=C(Nc2cccc(C(=O)O)c2)N2CCN(CC(=O)N3CCOCC3)CC2)c1. The van der Waals surface area contributed by atoms with Crippen LogP contribution in [0.1, 0.15) is 15.9 Å². The highest BCUT2D eigenvalue weighted by Crippen LogP contribution is 2.16. The summed E-state index contributed by atoms with van der Waals surface area (Å²) in [6.07, 6.45) is 0. The number of ether oxygens (including phenoxy) is 2. The highest BCUT2D eigenvalue weighted by Gasteiger charge is 2.24. The van der Waals surface area contributed by atoms with Gasteiger partial charge in [0.15, 0.2) is 5.96 Å². The van der Waals surface area contributed by atoms with Gasteiger partial charge in [0.25, 0.3) is 0 Å². The van der Waals surface area contributed by atoms with Crippen LogP contribution in [0.15, 0.2) is 53.5 Å². The van der Waals surface area contributed by atoms with Crippen LogP contribution < -0.4 is 10.1 Å². The Morgan fingerprint density at radius 3 is 2.47 bits per heavy atom. The Bertz CT molecular complexity index is 1080. The summed E-state index contributed by atoms with van der Waals surface area (Å²) < 4.78 is 10.7. The van der Waals surface area contributed by atoms with Crippen molar-refractivity contribution in [2.45, 2.75) is 6.54 Å². The number of aliphatic imine (C=N–C) groups is 1. The van der Waals surface area contributed by atoms with E-state index >= 15 is 0 Å². The van der Waals surface area contributed by atoms with Crippen LogP contribution in [0.4, 0.5) is 5.69 Å². The first-order chi connectivity index (χ1) is 17.5. The Morgan fingerprint density at radius 1 is 1.00 bits per heavy atom. The van der Waals surface area contributed by atoms with E-state index in [1.165, 1.54) is 0 Å². The van der Waals surface area contributed by atoms with Crippen LogP contribution in [0.3, 0.4) is 0 Å². The van der Waals surface area contributed by atoms with Gasteiger partial charge in [0.05, 0.1) is 39.0 Å². The summed E-state index contributed by atoms with van der Waals surface area (Å²) in [5.74, 6) is 0.596. The lowest BCUT2D eigenvalue weighted by molar-refractivity contribution is -0.136. The third-order valence-corrected chi connectivity index (χ3v) is 6.31. The molecule has 0 saturated carbocycles. The molecule has 36 heavy (non-hydrogen) atoms. The Morgan fingerprint density at radius 2 is 1.75 bits per heavy atom. The Labute approximate surface area is 211 Å². The van der Waals surface area contributed by atoms with Crippen LogP contribution in [-0.4, -0.2) is 104 Å². The first-order valence-electron chi connectivity index (χ1n) is 12.1. The van der Waals surface area contributed by atoms with Gasteiger partial charge in [0.1, 0.15) is 5.75 Å². The van der Waals surface area contributed by atoms with Gasteiger partial charge in [-0.25, -0.2) is 9.79 Å². The minimum absolute atomic E-state index is 0.141. The lowest BCUT2D eigenvalue weighted by Crippen LogP contribution is -2.53. The number of methoxy groups -OCH3 is 1. The third kappa shape index (κ3) is 6.96. The molecular weight excluding hydrogens is 462 g/mol. The van der Waals surface area contributed by atoms with Crippen LogP contribution in [0.5, 0.6) is 5.75 Å². The van der Waals surface area contributed by atoms with Crippen LogP contribution in [0, 0.1) is 0 Å². The van der Waals surface area contributed by atoms with Crippen LogP contribution in [0.2, 0.25) is 0 Å². The average molecular weight is 496 g/mol. The molecule has 0 spiro atoms. The van der Waals surface area contributed by atoms with Crippen molar-refractivity contribution in [1.29, 1.82) is 0 Å². The van der Waals surface area contributed by atoms with Crippen molar-refractivity contribution in [2.24, 2.45) is 4.99 Å². The number of guanidine groups is 1. The number of nitrogens with zero attached hydrogens (tertiary/aromatic N) is 4. The topological polar surface area (TPSA) is 107 Å². The quantitative estimate of drug-likeness (QED) is 0.443. The van der Waals surface area contributed by atoms with E-state index in [9.17, 15) is 14.7 Å². The molecule has 0 unspecified atom stereocenters. The van der Waals surface area contributed by atoms with Gasteiger partial charge in [-0.1, -0.05) is 18.2 Å². The summed E-state index contributed by atoms with van der Waals surface area (Å²) in [5, 5.41) is 12.7. The summed E-state index contributed by atoms with van der Waals surface area (Å²) >= 11 is 0. The molecule has 0 radical (unpaired) electrons. The van der Waals surface area contributed by atoms with Crippen molar-refractivity contribution >= 4 is 23.5 Å². The number of piperazine rings is 1. The first-order valence-corrected chi connectivity index (χ1v) is 12.1. The van der Waals surface area contributed by atoms with Crippen LogP contribution in [-0.2, 0) is 16.1 Å². The van der Waals surface area contributed by atoms with Crippen molar-refractivity contribution in [1.82, 2.24) is 14.7 Å². The second kappa shape index (κ2) is 12.4. The van der Waals surface area contributed by atoms with Gasteiger partial charge in [-0.05, 0) is 35.9 Å². The van der Waals surface area contributed by atoms with Gasteiger partial charge in [0.2, 0.25) is 5.91 Å². The number of carboxylic acid groups (broad SMARTS) is 1. The van der Waals surface area contributed by atoms with E-state index in [1.807, 2.05) is 35.2 Å². The molecule has 0 bridgehead atoms. The van der Waals surface area contributed by atoms with Gasteiger partial charge in [-0.15, -0.1) is 0 Å². The molecule has 0 atom stereocenters. The Kier molecular flexibility index (Phi) is 8.75. The molecule has 10 nitrogen and oxygen atoms in total. The van der Waals surface area contributed by atoms with E-state index in [0.717, 1.165) is 24.4 Å². The fourth-order valence-corrected chi connectivity index (χ4v) is 4.24. The maximum atomic E-state index is 12.6. The number of aromatic carboxylic acids is 1. The number of carbonyl (C=O) groups is 2. The molecule has 2 aromatic carbocycles. The first kappa shape index (κ1) is 25.5. The van der Waals surface area contributed by atoms with Crippen molar-refractivity contribution in [3.63, 3.8) is 0 Å². The number of hydrogen-bond acceptors (Lipinski definition) is 6.